The first-order chi connectivity index (χ1) is 11.4. The van der Waals surface area contributed by atoms with Crippen LogP contribution in [-0.4, -0.2) is 39.3 Å². The number of rotatable bonds is 3. The molecule has 0 saturated carbocycles. The van der Waals surface area contributed by atoms with Gasteiger partial charge in [0.25, 0.3) is 0 Å². The summed E-state index contributed by atoms with van der Waals surface area (Å²) in [6, 6.07) is 10.0. The molecule has 25 heavy (non-hydrogen) atoms. The molecule has 0 radical (unpaired) electrons. The van der Waals surface area contributed by atoms with Crippen molar-refractivity contribution in [1.82, 2.24) is 0 Å². The van der Waals surface area contributed by atoms with Gasteiger partial charge in [0.15, 0.2) is 0 Å². The molecule has 1 fully saturated rings. The quantitative estimate of drug-likeness (QED) is 0.425. The van der Waals surface area contributed by atoms with Crippen molar-refractivity contribution in [2.24, 2.45) is 5.41 Å². The Morgan fingerprint density at radius 2 is 1.76 bits per heavy atom. The Hall–Kier alpha value is -1.05. The van der Waals surface area contributed by atoms with E-state index in [-0.39, 0.29) is 26.3 Å². The molecule has 1 unspecified atom stereocenters. The average molecular weight is 423 g/mol. The number of carbonyl (C=O) groups is 1. The van der Waals surface area contributed by atoms with E-state index in [0.717, 1.165) is 4.46 Å². The third-order valence-electron chi connectivity index (χ3n) is 4.13. The van der Waals surface area contributed by atoms with Crippen LogP contribution in [0.25, 0.3) is 0 Å². The second-order valence-corrected chi connectivity index (χ2v) is 16.1. The summed E-state index contributed by atoms with van der Waals surface area (Å²) in [5, 5.41) is 0. The number of cyclic esters (lactones) is 1. The number of hydrogen-bond acceptors (Lipinski definition) is 3. The molecule has 1 aliphatic rings. The van der Waals surface area contributed by atoms with Gasteiger partial charge in [0, 0.05) is 0 Å². The molecule has 1 saturated heterocycles. The predicted octanol–water partition coefficient (Wildman–Crippen LogP) is 3.32. The third-order valence-corrected chi connectivity index (χ3v) is 7.64. The first-order valence-electron chi connectivity index (χ1n) is 8.55. The van der Waals surface area contributed by atoms with Gasteiger partial charge in [-0.15, -0.1) is 0 Å². The van der Waals surface area contributed by atoms with Gasteiger partial charge in [-0.05, 0) is 0 Å². The van der Waals surface area contributed by atoms with E-state index in [9.17, 15) is 4.79 Å². The first-order valence-corrected chi connectivity index (χ1v) is 13.8. The van der Waals surface area contributed by atoms with Crippen molar-refractivity contribution in [3.63, 3.8) is 0 Å². The van der Waals surface area contributed by atoms with E-state index in [1.165, 1.54) is 0 Å². The maximum atomic E-state index is 12.9. The molecule has 1 aromatic carbocycles. The first kappa shape index (κ1) is 20.3. The van der Waals surface area contributed by atoms with Crippen molar-refractivity contribution in [2.45, 2.75) is 64.0 Å². The van der Waals surface area contributed by atoms with E-state index < -0.39 is 18.4 Å². The molecule has 1 aliphatic heterocycles. The molecule has 0 spiro atoms. The average Bonchev–Trinajstić information content (AvgIpc) is 2.70. The maximum absolute atomic E-state index is 12.9. The summed E-state index contributed by atoms with van der Waals surface area (Å²) in [6.45, 7) is 14.5. The summed E-state index contributed by atoms with van der Waals surface area (Å²) < 4.78 is 12.3. The minimum atomic E-state index is -1.51. The fourth-order valence-electron chi connectivity index (χ4n) is 2.25. The fourth-order valence-corrected chi connectivity index (χ4v) is 5.27. The molecule has 2 atom stereocenters. The topological polar surface area (TPSA) is 35.5 Å². The zero-order valence-electron chi connectivity index (χ0n) is 16.2. The van der Waals surface area contributed by atoms with Gasteiger partial charge in [-0.25, -0.2) is 0 Å². The fraction of sp³-hybridized carbons (Fsp3) is 0.550. The van der Waals surface area contributed by atoms with Crippen molar-refractivity contribution < 1.29 is 14.3 Å². The van der Waals surface area contributed by atoms with Crippen LogP contribution in [0.2, 0.25) is 19.6 Å². The standard InChI is InChI=1S/C20H28O3SeSi/c1-18(2,3)19(4)22-17(21)20(23-19,14-11-15-25(5,6)7)24-16-12-9-8-10-13-16/h8-10,12-13H,14H2,1-7H3/t19-,20?/m1/s1. The van der Waals surface area contributed by atoms with Crippen LogP contribution in [0, 0.1) is 16.9 Å². The van der Waals surface area contributed by atoms with Crippen LogP contribution < -0.4 is 4.46 Å². The Kier molecular flexibility index (Phi) is 5.61. The van der Waals surface area contributed by atoms with E-state index in [2.05, 4.69) is 31.1 Å². The minimum absolute atomic E-state index is 0.220. The van der Waals surface area contributed by atoms with Gasteiger partial charge >= 0.3 is 159 Å². The number of benzene rings is 1. The second kappa shape index (κ2) is 6.93. The molecule has 0 aromatic heterocycles. The Bertz CT molecular complexity index is 694. The molecule has 5 heteroatoms. The molecule has 0 N–H and O–H groups in total. The van der Waals surface area contributed by atoms with Crippen LogP contribution in [0.15, 0.2) is 30.3 Å². The van der Waals surface area contributed by atoms with Gasteiger partial charge in [-0.1, -0.05) is 0 Å². The molecule has 0 aliphatic carbocycles. The van der Waals surface area contributed by atoms with Gasteiger partial charge in [0.2, 0.25) is 0 Å². The van der Waals surface area contributed by atoms with Crippen molar-refractivity contribution in [1.29, 1.82) is 0 Å². The van der Waals surface area contributed by atoms with Crippen LogP contribution in [0.4, 0.5) is 0 Å². The zero-order chi connectivity index (χ0) is 18.9. The van der Waals surface area contributed by atoms with Gasteiger partial charge in [0.1, 0.15) is 0 Å². The van der Waals surface area contributed by atoms with Crippen LogP contribution in [0.3, 0.4) is 0 Å². The monoisotopic (exact) mass is 424 g/mol. The Balaban J connectivity index is 2.39. The predicted molar refractivity (Wildman–Crippen MR) is 105 cm³/mol. The number of carbonyl (C=O) groups excluding carboxylic acids is 1. The summed E-state index contributed by atoms with van der Waals surface area (Å²) in [6.07, 6.45) is 0.386. The molecule has 3 nitrogen and oxygen atoms in total. The zero-order valence-corrected chi connectivity index (χ0v) is 18.9. The molecule has 0 bridgehead atoms. The van der Waals surface area contributed by atoms with E-state index in [1.54, 1.807) is 0 Å². The Morgan fingerprint density at radius 3 is 2.24 bits per heavy atom. The summed E-state index contributed by atoms with van der Waals surface area (Å²) in [5.74, 6) is 2.03. The third kappa shape index (κ3) is 4.77. The van der Waals surface area contributed by atoms with Crippen LogP contribution in [0.5, 0.6) is 0 Å². The SMILES string of the molecule is CC(C)(C)[C@]1(C)OC(=O)C(CC#C[Si](C)(C)C)([Se]c2ccccc2)O1. The second-order valence-electron chi connectivity index (χ2n) is 8.58. The number of ether oxygens (including phenoxy) is 2. The normalized spacial score (nSPS) is 26.8. The van der Waals surface area contributed by atoms with E-state index in [1.807, 2.05) is 58.0 Å². The van der Waals surface area contributed by atoms with Crippen molar-refractivity contribution in [2.75, 3.05) is 0 Å². The molecule has 1 aromatic rings. The van der Waals surface area contributed by atoms with Crippen molar-refractivity contribution >= 4 is 33.5 Å². The number of hydrogen-bond donors (Lipinski definition) is 0. The summed E-state index contributed by atoms with van der Waals surface area (Å²) >= 11 is -0.220. The van der Waals surface area contributed by atoms with E-state index in [4.69, 9.17) is 9.47 Å². The van der Waals surface area contributed by atoms with Crippen LogP contribution >= 0.6 is 0 Å². The van der Waals surface area contributed by atoms with Gasteiger partial charge in [0.05, 0.1) is 0 Å². The van der Waals surface area contributed by atoms with E-state index in [0.29, 0.717) is 6.42 Å². The number of esters is 1. The van der Waals surface area contributed by atoms with Gasteiger partial charge < -0.3 is 0 Å². The van der Waals surface area contributed by atoms with Crippen molar-refractivity contribution in [3.05, 3.63) is 30.3 Å². The molecule has 0 amide bonds. The molecular formula is C20H28O3SeSi. The Morgan fingerprint density at radius 1 is 1.16 bits per heavy atom. The van der Waals surface area contributed by atoms with Gasteiger partial charge in [-0.3, -0.25) is 0 Å². The molecule has 2 rings (SSSR count). The molecule has 1 heterocycles. The summed E-state index contributed by atoms with van der Waals surface area (Å²) in [5.41, 5.74) is 3.04. The summed E-state index contributed by atoms with van der Waals surface area (Å²) in [4.78, 5) is 12.9. The summed E-state index contributed by atoms with van der Waals surface area (Å²) in [7, 11) is -1.51. The van der Waals surface area contributed by atoms with Crippen LogP contribution in [0.1, 0.15) is 34.1 Å². The molecule has 136 valence electrons. The van der Waals surface area contributed by atoms with Gasteiger partial charge in [-0.2, -0.15) is 0 Å². The van der Waals surface area contributed by atoms with E-state index >= 15 is 0 Å². The van der Waals surface area contributed by atoms with Crippen molar-refractivity contribution in [3.8, 4) is 11.5 Å². The Labute approximate surface area is 159 Å². The van der Waals surface area contributed by atoms with Crippen LogP contribution in [-0.2, 0) is 14.3 Å². The molecular weight excluding hydrogens is 395 g/mol.